The lowest BCUT2D eigenvalue weighted by Crippen LogP contribution is -1.99. The summed E-state index contributed by atoms with van der Waals surface area (Å²) in [7, 11) is 1.32. The van der Waals surface area contributed by atoms with Gasteiger partial charge in [-0.15, -0.1) is 0 Å². The molecule has 0 saturated heterocycles. The van der Waals surface area contributed by atoms with Crippen molar-refractivity contribution in [3.8, 4) is 5.75 Å². The van der Waals surface area contributed by atoms with Crippen LogP contribution in [0, 0.1) is 0 Å². The fraction of sp³-hybridized carbons (Fsp3) is 0.167. The number of benzene rings is 2. The molecule has 0 bridgehead atoms. The maximum atomic E-state index is 10.9. The zero-order chi connectivity index (χ0) is 15.6. The molecule has 0 saturated carbocycles. The summed E-state index contributed by atoms with van der Waals surface area (Å²) in [6.07, 6.45) is 2.55. The second-order valence-electron chi connectivity index (χ2n) is 4.52. The van der Waals surface area contributed by atoms with Crippen molar-refractivity contribution in [3.63, 3.8) is 0 Å². The third-order valence-corrected chi connectivity index (χ3v) is 2.95. The first-order valence-electron chi connectivity index (χ1n) is 6.90. The fourth-order valence-corrected chi connectivity index (χ4v) is 1.81. The maximum Gasteiger partial charge on any atom is 0.333 e. The molecule has 2 aromatic rings. The number of hydrogen-bond acceptors (Lipinski definition) is 4. The van der Waals surface area contributed by atoms with E-state index in [2.05, 4.69) is 4.74 Å². The minimum Gasteiger partial charge on any atom is -0.496 e. The summed E-state index contributed by atoms with van der Waals surface area (Å²) >= 11 is 0. The maximum absolute atomic E-state index is 10.9. The van der Waals surface area contributed by atoms with Crippen molar-refractivity contribution in [3.05, 3.63) is 78.1 Å². The molecule has 0 atom stereocenters. The molecule has 0 amide bonds. The lowest BCUT2D eigenvalue weighted by Gasteiger charge is -2.11. The molecule has 0 aliphatic carbocycles. The lowest BCUT2D eigenvalue weighted by molar-refractivity contribution is -0.135. The molecular formula is C18H18O4. The molecule has 0 unspecified atom stereocenters. The van der Waals surface area contributed by atoms with Gasteiger partial charge in [-0.25, -0.2) is 4.79 Å². The Morgan fingerprint density at radius 1 is 1.00 bits per heavy atom. The highest BCUT2D eigenvalue weighted by Gasteiger charge is 2.03. The molecule has 0 aliphatic rings. The molecule has 0 heterocycles. The van der Waals surface area contributed by atoms with Gasteiger partial charge >= 0.3 is 5.97 Å². The van der Waals surface area contributed by atoms with E-state index in [0.717, 1.165) is 16.9 Å². The van der Waals surface area contributed by atoms with Crippen LogP contribution in [0.3, 0.4) is 0 Å². The van der Waals surface area contributed by atoms with Crippen LogP contribution in [0.4, 0.5) is 0 Å². The minimum absolute atomic E-state index is 0.318. The number of carbonyl (C=O) groups excluding carboxylic acids is 1. The molecule has 0 aromatic heterocycles. The normalized spacial score (nSPS) is 10.4. The molecule has 4 nitrogen and oxygen atoms in total. The molecule has 0 aliphatic heterocycles. The molecule has 22 heavy (non-hydrogen) atoms. The molecule has 0 fully saturated rings. The quantitative estimate of drug-likeness (QED) is 0.446. The second kappa shape index (κ2) is 8.52. The summed E-state index contributed by atoms with van der Waals surface area (Å²) in [4.78, 5) is 10.9. The summed E-state index contributed by atoms with van der Waals surface area (Å²) in [6.45, 7) is 0.814. The van der Waals surface area contributed by atoms with Crippen molar-refractivity contribution in [2.75, 3.05) is 7.11 Å². The Bertz CT molecular complexity index is 620. The number of carbonyl (C=O) groups is 1. The summed E-state index contributed by atoms with van der Waals surface area (Å²) in [5.41, 5.74) is 2.01. The first-order chi connectivity index (χ1) is 10.8. The molecule has 0 spiro atoms. The average Bonchev–Trinajstić information content (AvgIpc) is 2.58. The summed E-state index contributed by atoms with van der Waals surface area (Å²) in [6, 6.07) is 17.6. The zero-order valence-electron chi connectivity index (χ0n) is 12.4. The summed E-state index contributed by atoms with van der Waals surface area (Å²) in [5, 5.41) is 0. The van der Waals surface area contributed by atoms with Crippen LogP contribution >= 0.6 is 0 Å². The molecule has 0 radical (unpaired) electrons. The van der Waals surface area contributed by atoms with Gasteiger partial charge in [-0.3, -0.25) is 0 Å². The predicted octanol–water partition coefficient (Wildman–Crippen LogP) is 3.47. The van der Waals surface area contributed by atoms with Crippen molar-refractivity contribution in [1.29, 1.82) is 0 Å². The first-order valence-corrected chi connectivity index (χ1v) is 6.90. The molecule has 2 aromatic carbocycles. The molecule has 114 valence electrons. The highest BCUT2D eigenvalue weighted by molar-refractivity contribution is 5.81. The van der Waals surface area contributed by atoms with Crippen LogP contribution in [0.25, 0.3) is 0 Å². The summed E-state index contributed by atoms with van der Waals surface area (Å²) in [5.74, 6) is 0.312. The number of esters is 1. The Morgan fingerprint density at radius 3 is 2.50 bits per heavy atom. The SMILES string of the molecule is COC(=O)/C=C/OCc1ccccc1OCc1ccccc1. The van der Waals surface area contributed by atoms with Gasteiger partial charge < -0.3 is 14.2 Å². The van der Waals surface area contributed by atoms with Gasteiger partial charge in [-0.05, 0) is 11.6 Å². The molecule has 0 N–H and O–H groups in total. The van der Waals surface area contributed by atoms with Crippen molar-refractivity contribution >= 4 is 5.97 Å². The number of methoxy groups -OCH3 is 1. The molecule has 4 heteroatoms. The largest absolute Gasteiger partial charge is 0.496 e. The van der Waals surface area contributed by atoms with Gasteiger partial charge in [0, 0.05) is 5.56 Å². The molecular weight excluding hydrogens is 280 g/mol. The standard InChI is InChI=1S/C18H18O4/c1-20-18(19)11-12-21-14-16-9-5-6-10-17(16)22-13-15-7-3-2-4-8-15/h2-12H,13-14H2,1H3/b12-11+. The second-order valence-corrected chi connectivity index (χ2v) is 4.52. The number of hydrogen-bond donors (Lipinski definition) is 0. The zero-order valence-corrected chi connectivity index (χ0v) is 12.4. The van der Waals surface area contributed by atoms with Crippen molar-refractivity contribution in [1.82, 2.24) is 0 Å². The van der Waals surface area contributed by atoms with E-state index in [0.29, 0.717) is 13.2 Å². The van der Waals surface area contributed by atoms with E-state index >= 15 is 0 Å². The van der Waals surface area contributed by atoms with E-state index in [1.54, 1.807) is 0 Å². The third kappa shape index (κ3) is 4.98. The van der Waals surface area contributed by atoms with Gasteiger partial charge in [0.25, 0.3) is 0 Å². The Morgan fingerprint density at radius 2 is 1.73 bits per heavy atom. The van der Waals surface area contributed by atoms with Crippen LogP contribution in [0.2, 0.25) is 0 Å². The highest BCUT2D eigenvalue weighted by atomic mass is 16.5. The van der Waals surface area contributed by atoms with Gasteiger partial charge in [-0.1, -0.05) is 48.5 Å². The van der Waals surface area contributed by atoms with Gasteiger partial charge in [0.1, 0.15) is 19.0 Å². The van der Waals surface area contributed by atoms with E-state index in [1.165, 1.54) is 19.4 Å². The highest BCUT2D eigenvalue weighted by Crippen LogP contribution is 2.20. The van der Waals surface area contributed by atoms with Crippen molar-refractivity contribution in [2.45, 2.75) is 13.2 Å². The van der Waals surface area contributed by atoms with Crippen LogP contribution in [0.1, 0.15) is 11.1 Å². The monoisotopic (exact) mass is 298 g/mol. The number of para-hydroxylation sites is 1. The Hall–Kier alpha value is -2.75. The first kappa shape index (κ1) is 15.6. The Labute approximate surface area is 129 Å². The molecule has 2 rings (SSSR count). The van der Waals surface area contributed by atoms with Crippen LogP contribution in [-0.4, -0.2) is 13.1 Å². The number of rotatable bonds is 7. The van der Waals surface area contributed by atoms with E-state index in [-0.39, 0.29) is 0 Å². The van der Waals surface area contributed by atoms with Gasteiger partial charge in [0.2, 0.25) is 0 Å². The Kier molecular flexibility index (Phi) is 6.05. The van der Waals surface area contributed by atoms with Crippen LogP contribution < -0.4 is 4.74 Å². The van der Waals surface area contributed by atoms with E-state index in [4.69, 9.17) is 9.47 Å². The van der Waals surface area contributed by atoms with Crippen LogP contribution in [-0.2, 0) is 27.5 Å². The smallest absolute Gasteiger partial charge is 0.333 e. The third-order valence-electron chi connectivity index (χ3n) is 2.95. The fourth-order valence-electron chi connectivity index (χ4n) is 1.81. The van der Waals surface area contributed by atoms with Crippen molar-refractivity contribution < 1.29 is 19.0 Å². The topological polar surface area (TPSA) is 44.8 Å². The van der Waals surface area contributed by atoms with E-state index < -0.39 is 5.97 Å². The van der Waals surface area contributed by atoms with Crippen molar-refractivity contribution in [2.24, 2.45) is 0 Å². The van der Waals surface area contributed by atoms with Gasteiger partial charge in [0.05, 0.1) is 19.4 Å². The van der Waals surface area contributed by atoms with Gasteiger partial charge in [-0.2, -0.15) is 0 Å². The Balaban J connectivity index is 1.92. The van der Waals surface area contributed by atoms with Crippen LogP contribution in [0.15, 0.2) is 66.9 Å². The predicted molar refractivity (Wildman–Crippen MR) is 83.2 cm³/mol. The van der Waals surface area contributed by atoms with E-state index in [9.17, 15) is 4.79 Å². The number of ether oxygens (including phenoxy) is 3. The average molecular weight is 298 g/mol. The van der Waals surface area contributed by atoms with Gasteiger partial charge in [0.15, 0.2) is 0 Å². The van der Waals surface area contributed by atoms with E-state index in [1.807, 2.05) is 54.6 Å². The van der Waals surface area contributed by atoms with Crippen LogP contribution in [0.5, 0.6) is 5.75 Å². The minimum atomic E-state index is -0.450. The summed E-state index contributed by atoms with van der Waals surface area (Å²) < 4.78 is 15.6. The lowest BCUT2D eigenvalue weighted by atomic mass is 10.2.